The van der Waals surface area contributed by atoms with E-state index in [-0.39, 0.29) is 33.5 Å². The van der Waals surface area contributed by atoms with Crippen molar-refractivity contribution in [1.29, 1.82) is 0 Å². The molecular weight excluding hydrogens is 865 g/mol. The van der Waals surface area contributed by atoms with Gasteiger partial charge in [-0.3, -0.25) is 4.79 Å². The van der Waals surface area contributed by atoms with E-state index in [2.05, 4.69) is 54.5 Å². The monoisotopic (exact) mass is 943 g/mol. The number of aliphatic hydroxyl groups excluding tert-OH is 10. The van der Waals surface area contributed by atoms with E-state index in [4.69, 9.17) is 28.4 Å². The molecule has 8 aliphatic rings. The number of hydrogen-bond acceptors (Lipinski definition) is 17. The number of ether oxygens (including phenoxy) is 6. The average molecular weight is 943 g/mol. The number of hydrogen-bond donors (Lipinski definition) is 11. The first kappa shape index (κ1) is 50.9. The van der Waals surface area contributed by atoms with Gasteiger partial charge < -0.3 is 84.6 Å². The second kappa shape index (κ2) is 18.0. The standard InChI is InChI=1S/C48H78O18/c1-43(2)14-16-48(42(59)60)17-15-46(6)22(23(48)18-43)8-9-28-45(5)12-11-29(44(3,4)27(45)10-13-47(28,46)7)64-41-36(58)38(66-40-35(57)33(55)31(53)25(20-50)62-40)37(26(21-51)63-41)65-39-34(56)32(54)30(52)24(19-49)61-39/h8,23-41,49-58H,9-21H2,1-7H3,(H,59,60). The Hall–Kier alpha value is -1.43. The van der Waals surface area contributed by atoms with Crippen LogP contribution < -0.4 is 0 Å². The Morgan fingerprint density at radius 1 is 0.606 bits per heavy atom. The van der Waals surface area contributed by atoms with Crippen LogP contribution in [0.3, 0.4) is 0 Å². The summed E-state index contributed by atoms with van der Waals surface area (Å²) in [6, 6.07) is 0. The molecule has 0 bridgehead atoms. The van der Waals surface area contributed by atoms with E-state index < -0.39 is 135 Å². The molecule has 5 aliphatic carbocycles. The average Bonchev–Trinajstić information content (AvgIpc) is 3.26. The Morgan fingerprint density at radius 3 is 1.70 bits per heavy atom. The van der Waals surface area contributed by atoms with E-state index in [1.807, 2.05) is 0 Å². The Bertz CT molecular complexity index is 1790. The molecule has 18 nitrogen and oxygen atoms in total. The molecule has 8 rings (SSSR count). The van der Waals surface area contributed by atoms with Crippen LogP contribution in [0.4, 0.5) is 0 Å². The molecule has 0 amide bonds. The number of carboxylic acids is 1. The highest BCUT2D eigenvalue weighted by atomic mass is 16.8. The zero-order chi connectivity index (χ0) is 48.3. The van der Waals surface area contributed by atoms with Crippen molar-refractivity contribution in [2.45, 2.75) is 211 Å². The number of carbonyl (C=O) groups is 1. The molecule has 4 saturated carbocycles. The Labute approximate surface area is 387 Å². The van der Waals surface area contributed by atoms with Crippen LogP contribution in [0.15, 0.2) is 11.6 Å². The summed E-state index contributed by atoms with van der Waals surface area (Å²) >= 11 is 0. The minimum absolute atomic E-state index is 0.00164. The summed E-state index contributed by atoms with van der Waals surface area (Å²) in [7, 11) is 0. The summed E-state index contributed by atoms with van der Waals surface area (Å²) in [5, 5.41) is 118. The van der Waals surface area contributed by atoms with E-state index in [1.54, 1.807) is 0 Å². The fourth-order valence-corrected chi connectivity index (χ4v) is 15.2. The van der Waals surface area contributed by atoms with Crippen molar-refractivity contribution < 1.29 is 89.4 Å². The van der Waals surface area contributed by atoms with E-state index in [0.29, 0.717) is 25.2 Å². The summed E-state index contributed by atoms with van der Waals surface area (Å²) in [6.45, 7) is 13.9. The molecule has 3 heterocycles. The van der Waals surface area contributed by atoms with Crippen LogP contribution in [0.2, 0.25) is 0 Å². The molecule has 66 heavy (non-hydrogen) atoms. The van der Waals surface area contributed by atoms with Crippen LogP contribution in [-0.4, -0.2) is 180 Å². The fourth-order valence-electron chi connectivity index (χ4n) is 15.2. The fraction of sp³-hybridized carbons (Fsp3) is 0.938. The van der Waals surface area contributed by atoms with Crippen LogP contribution in [0.1, 0.15) is 113 Å². The van der Waals surface area contributed by atoms with Gasteiger partial charge in [0.1, 0.15) is 73.2 Å². The first-order valence-electron chi connectivity index (χ1n) is 24.3. The molecule has 0 spiro atoms. The van der Waals surface area contributed by atoms with Crippen LogP contribution >= 0.6 is 0 Å². The Balaban J connectivity index is 1.06. The van der Waals surface area contributed by atoms with Crippen molar-refractivity contribution >= 4 is 5.97 Å². The highest BCUT2D eigenvalue weighted by Gasteiger charge is 2.70. The van der Waals surface area contributed by atoms with Gasteiger partial charge in [-0.15, -0.1) is 0 Å². The molecular formula is C48H78O18. The topological polar surface area (TPSA) is 295 Å². The summed E-state index contributed by atoms with van der Waals surface area (Å²) in [6.07, 6.45) is -15.1. The number of rotatable bonds is 10. The molecule has 3 aliphatic heterocycles. The van der Waals surface area contributed by atoms with Crippen molar-refractivity contribution in [2.24, 2.45) is 50.2 Å². The molecule has 11 N–H and O–H groups in total. The second-order valence-electron chi connectivity index (χ2n) is 23.5. The molecule has 23 unspecified atom stereocenters. The second-order valence-corrected chi connectivity index (χ2v) is 23.5. The Morgan fingerprint density at radius 2 is 1.14 bits per heavy atom. The predicted octanol–water partition coefficient (Wildman–Crippen LogP) is 0.706. The lowest BCUT2D eigenvalue weighted by atomic mass is 9.33. The molecule has 7 fully saturated rings. The van der Waals surface area contributed by atoms with Gasteiger partial charge in [0.2, 0.25) is 0 Å². The molecule has 0 aromatic carbocycles. The molecule has 0 radical (unpaired) electrons. The minimum atomic E-state index is -1.90. The van der Waals surface area contributed by atoms with E-state index in [1.165, 1.54) is 5.57 Å². The van der Waals surface area contributed by atoms with Gasteiger partial charge in [-0.05, 0) is 109 Å². The molecule has 3 saturated heterocycles. The van der Waals surface area contributed by atoms with Crippen molar-refractivity contribution in [3.8, 4) is 0 Å². The maximum absolute atomic E-state index is 13.2. The number of allylic oxidation sites excluding steroid dienone is 2. The van der Waals surface area contributed by atoms with Gasteiger partial charge in [-0.2, -0.15) is 0 Å². The van der Waals surface area contributed by atoms with Crippen molar-refractivity contribution in [2.75, 3.05) is 19.8 Å². The lowest BCUT2D eigenvalue weighted by Crippen LogP contribution is -2.68. The zero-order valence-corrected chi connectivity index (χ0v) is 39.5. The summed E-state index contributed by atoms with van der Waals surface area (Å²) in [4.78, 5) is 13.2. The van der Waals surface area contributed by atoms with Gasteiger partial charge in [0.15, 0.2) is 18.9 Å². The largest absolute Gasteiger partial charge is 0.481 e. The third-order valence-corrected chi connectivity index (χ3v) is 19.4. The normalized spacial score (nSPS) is 53.3. The van der Waals surface area contributed by atoms with Gasteiger partial charge >= 0.3 is 5.97 Å². The third kappa shape index (κ3) is 7.87. The summed E-state index contributed by atoms with van der Waals surface area (Å²) in [5.74, 6) is -0.191. The molecule has 0 aromatic rings. The van der Waals surface area contributed by atoms with Gasteiger partial charge in [-0.25, -0.2) is 0 Å². The maximum atomic E-state index is 13.2. The van der Waals surface area contributed by atoms with E-state index in [9.17, 15) is 61.0 Å². The lowest BCUT2D eigenvalue weighted by Gasteiger charge is -2.71. The van der Waals surface area contributed by atoms with E-state index >= 15 is 0 Å². The number of aliphatic hydroxyl groups is 10. The van der Waals surface area contributed by atoms with Crippen molar-refractivity contribution in [3.05, 3.63) is 11.6 Å². The Kier molecular flexibility index (Phi) is 13.9. The van der Waals surface area contributed by atoms with Crippen molar-refractivity contribution in [1.82, 2.24) is 0 Å². The number of fused-ring (bicyclic) bond motifs is 7. The summed E-state index contributed by atoms with van der Waals surface area (Å²) < 4.78 is 36.6. The molecule has 23 atom stereocenters. The SMILES string of the molecule is CC1(C)CCC2(C(=O)O)CCC3(C)C(=CCC4C5(C)CCC(OC6OC(CO)C(OC7OC(CO)C(O)C(O)C7O)C(OC7OC(CO)C(O)C(O)C7O)C6O)C(C)(C)C5CCC43C)C2C1. The predicted molar refractivity (Wildman–Crippen MR) is 231 cm³/mol. The minimum Gasteiger partial charge on any atom is -0.481 e. The number of aliphatic carboxylic acids is 1. The van der Waals surface area contributed by atoms with Crippen LogP contribution in [0.25, 0.3) is 0 Å². The first-order chi connectivity index (χ1) is 30.9. The highest BCUT2D eigenvalue weighted by Crippen LogP contribution is 2.76. The van der Waals surface area contributed by atoms with Gasteiger partial charge in [-0.1, -0.05) is 60.1 Å². The summed E-state index contributed by atoms with van der Waals surface area (Å²) in [5.41, 5.74) is -0.183. The van der Waals surface area contributed by atoms with Crippen LogP contribution in [-0.2, 0) is 33.2 Å². The van der Waals surface area contributed by atoms with E-state index in [0.717, 1.165) is 44.9 Å². The van der Waals surface area contributed by atoms with Crippen LogP contribution in [0, 0.1) is 50.2 Å². The highest BCUT2D eigenvalue weighted by molar-refractivity contribution is 5.76. The quantitative estimate of drug-likeness (QED) is 0.106. The zero-order valence-electron chi connectivity index (χ0n) is 39.5. The van der Waals surface area contributed by atoms with Crippen molar-refractivity contribution in [3.63, 3.8) is 0 Å². The third-order valence-electron chi connectivity index (χ3n) is 19.4. The lowest BCUT2D eigenvalue weighted by molar-refractivity contribution is -0.393. The smallest absolute Gasteiger partial charge is 0.310 e. The van der Waals surface area contributed by atoms with Gasteiger partial charge in [0, 0.05) is 0 Å². The molecule has 378 valence electrons. The van der Waals surface area contributed by atoms with Gasteiger partial charge in [0.25, 0.3) is 0 Å². The maximum Gasteiger partial charge on any atom is 0.310 e. The molecule has 18 heteroatoms. The number of carboxylic acid groups (broad SMARTS) is 1. The molecule has 0 aromatic heterocycles. The van der Waals surface area contributed by atoms with Crippen LogP contribution in [0.5, 0.6) is 0 Å². The van der Waals surface area contributed by atoms with Gasteiger partial charge in [0.05, 0.1) is 31.3 Å². The first-order valence-corrected chi connectivity index (χ1v) is 24.3.